The molecule has 1 N–H and O–H groups in total. The van der Waals surface area contributed by atoms with Gasteiger partial charge in [0.1, 0.15) is 12.4 Å². The lowest BCUT2D eigenvalue weighted by Crippen LogP contribution is -2.27. The molecule has 25 heavy (non-hydrogen) atoms. The van der Waals surface area contributed by atoms with Crippen molar-refractivity contribution in [3.63, 3.8) is 0 Å². The molecule has 0 aliphatic carbocycles. The normalized spacial score (nSPS) is 12.0. The number of nitrogens with zero attached hydrogens (tertiary/aromatic N) is 1. The van der Waals surface area contributed by atoms with E-state index in [2.05, 4.69) is 35.6 Å². The lowest BCUT2D eigenvalue weighted by Gasteiger charge is -2.15. The van der Waals surface area contributed by atoms with Crippen molar-refractivity contribution < 1.29 is 14.1 Å². The van der Waals surface area contributed by atoms with Gasteiger partial charge in [-0.15, -0.1) is 0 Å². The van der Waals surface area contributed by atoms with Crippen LogP contribution in [0.15, 0.2) is 53.1 Å². The molecule has 0 atom stereocenters. The lowest BCUT2D eigenvalue weighted by atomic mass is 10.0. The standard InChI is InChI=1S/C20H18N2O3/c1-13-5-4-6-14(11-13)9-10-21-20(23)18-16-12-24-17-8-3-2-7-15(17)19(16)25-22-18/h2-8,11H,9-10,12H2,1H3,(H,21,23). The highest BCUT2D eigenvalue weighted by atomic mass is 16.5. The fourth-order valence-corrected chi connectivity index (χ4v) is 3.03. The monoisotopic (exact) mass is 334 g/mol. The lowest BCUT2D eigenvalue weighted by molar-refractivity contribution is 0.0943. The molecule has 0 unspecified atom stereocenters. The van der Waals surface area contributed by atoms with Crippen molar-refractivity contribution in [1.29, 1.82) is 0 Å². The average molecular weight is 334 g/mol. The molecule has 0 radical (unpaired) electrons. The van der Waals surface area contributed by atoms with Gasteiger partial charge in [-0.3, -0.25) is 4.79 Å². The van der Waals surface area contributed by atoms with Gasteiger partial charge in [0.2, 0.25) is 0 Å². The molecule has 0 saturated carbocycles. The molecule has 0 saturated heterocycles. The van der Waals surface area contributed by atoms with E-state index in [0.29, 0.717) is 23.6 Å². The number of amides is 1. The summed E-state index contributed by atoms with van der Waals surface area (Å²) in [7, 11) is 0. The van der Waals surface area contributed by atoms with Crippen molar-refractivity contribution in [2.24, 2.45) is 0 Å². The number of hydrogen-bond donors (Lipinski definition) is 1. The van der Waals surface area contributed by atoms with Gasteiger partial charge < -0.3 is 14.6 Å². The molecule has 5 nitrogen and oxygen atoms in total. The summed E-state index contributed by atoms with van der Waals surface area (Å²) >= 11 is 0. The molecule has 4 rings (SSSR count). The van der Waals surface area contributed by atoms with Crippen LogP contribution in [-0.4, -0.2) is 17.6 Å². The summed E-state index contributed by atoms with van der Waals surface area (Å²) in [5.74, 6) is 1.13. The summed E-state index contributed by atoms with van der Waals surface area (Å²) in [6.07, 6.45) is 0.771. The molecule has 0 fully saturated rings. The molecule has 0 spiro atoms. The van der Waals surface area contributed by atoms with Crippen LogP contribution in [0.4, 0.5) is 0 Å². The van der Waals surface area contributed by atoms with E-state index in [9.17, 15) is 4.79 Å². The Morgan fingerprint density at radius 1 is 1.20 bits per heavy atom. The highest BCUT2D eigenvalue weighted by Crippen LogP contribution is 2.38. The summed E-state index contributed by atoms with van der Waals surface area (Å²) < 4.78 is 11.1. The molecule has 126 valence electrons. The van der Waals surface area contributed by atoms with Crippen LogP contribution in [0.1, 0.15) is 27.2 Å². The van der Waals surface area contributed by atoms with E-state index in [1.54, 1.807) is 0 Å². The van der Waals surface area contributed by atoms with E-state index in [4.69, 9.17) is 9.26 Å². The van der Waals surface area contributed by atoms with Crippen LogP contribution in [0.5, 0.6) is 5.75 Å². The van der Waals surface area contributed by atoms with Gasteiger partial charge >= 0.3 is 0 Å². The van der Waals surface area contributed by atoms with Crippen LogP contribution < -0.4 is 10.1 Å². The maximum Gasteiger partial charge on any atom is 0.273 e. The molecule has 1 aromatic heterocycles. The van der Waals surface area contributed by atoms with Crippen molar-refractivity contribution in [3.05, 3.63) is 70.9 Å². The third kappa shape index (κ3) is 3.01. The second-order valence-corrected chi connectivity index (χ2v) is 6.12. The van der Waals surface area contributed by atoms with E-state index in [1.807, 2.05) is 30.3 Å². The minimum absolute atomic E-state index is 0.236. The number of rotatable bonds is 4. The number of carbonyl (C=O) groups excluding carboxylic acids is 1. The summed E-state index contributed by atoms with van der Waals surface area (Å²) in [6, 6.07) is 15.8. The predicted molar refractivity (Wildman–Crippen MR) is 93.5 cm³/mol. The maximum atomic E-state index is 12.5. The van der Waals surface area contributed by atoms with Gasteiger partial charge in [0.05, 0.1) is 11.1 Å². The van der Waals surface area contributed by atoms with E-state index in [0.717, 1.165) is 17.7 Å². The number of fused-ring (bicyclic) bond motifs is 3. The van der Waals surface area contributed by atoms with Gasteiger partial charge in [-0.25, -0.2) is 0 Å². The zero-order valence-corrected chi connectivity index (χ0v) is 13.9. The molecule has 2 aromatic carbocycles. The molecule has 2 heterocycles. The third-order valence-corrected chi connectivity index (χ3v) is 4.29. The quantitative estimate of drug-likeness (QED) is 0.793. The van der Waals surface area contributed by atoms with Crippen LogP contribution in [0.2, 0.25) is 0 Å². The van der Waals surface area contributed by atoms with E-state index >= 15 is 0 Å². The number of aryl methyl sites for hydroxylation is 1. The Hall–Kier alpha value is -3.08. The first-order chi connectivity index (χ1) is 12.2. The van der Waals surface area contributed by atoms with Crippen LogP contribution in [0, 0.1) is 6.92 Å². The minimum Gasteiger partial charge on any atom is -0.488 e. The van der Waals surface area contributed by atoms with Gasteiger partial charge in [-0.1, -0.05) is 47.1 Å². The Bertz CT molecular complexity index is 930. The summed E-state index contributed by atoms with van der Waals surface area (Å²) in [5, 5.41) is 6.88. The van der Waals surface area contributed by atoms with Gasteiger partial charge in [0.25, 0.3) is 5.91 Å². The zero-order valence-electron chi connectivity index (χ0n) is 13.9. The number of para-hydroxylation sites is 1. The molecule has 1 aliphatic heterocycles. The first kappa shape index (κ1) is 15.4. The largest absolute Gasteiger partial charge is 0.488 e. The fourth-order valence-electron chi connectivity index (χ4n) is 3.03. The maximum absolute atomic E-state index is 12.5. The number of ether oxygens (including phenoxy) is 1. The topological polar surface area (TPSA) is 64.4 Å². The summed E-state index contributed by atoms with van der Waals surface area (Å²) in [4.78, 5) is 12.5. The summed E-state index contributed by atoms with van der Waals surface area (Å²) in [5.41, 5.74) is 4.24. The van der Waals surface area contributed by atoms with Gasteiger partial charge in [0, 0.05) is 6.54 Å². The van der Waals surface area contributed by atoms with E-state index in [1.165, 1.54) is 11.1 Å². The Labute approximate surface area is 145 Å². The third-order valence-electron chi connectivity index (χ3n) is 4.29. The van der Waals surface area contributed by atoms with Crippen molar-refractivity contribution in [3.8, 4) is 17.1 Å². The van der Waals surface area contributed by atoms with Crippen LogP contribution >= 0.6 is 0 Å². The minimum atomic E-state index is -0.236. The van der Waals surface area contributed by atoms with E-state index < -0.39 is 0 Å². The highest BCUT2D eigenvalue weighted by molar-refractivity contribution is 5.95. The molecule has 5 heteroatoms. The van der Waals surface area contributed by atoms with Crippen molar-refractivity contribution >= 4 is 5.91 Å². The highest BCUT2D eigenvalue weighted by Gasteiger charge is 2.28. The smallest absolute Gasteiger partial charge is 0.273 e. The predicted octanol–water partition coefficient (Wildman–Crippen LogP) is 3.51. The Balaban J connectivity index is 1.46. The van der Waals surface area contributed by atoms with Crippen LogP contribution in [-0.2, 0) is 13.0 Å². The first-order valence-electron chi connectivity index (χ1n) is 8.27. The fraction of sp³-hybridized carbons (Fsp3) is 0.200. The first-order valence-corrected chi connectivity index (χ1v) is 8.27. The molecule has 1 amide bonds. The number of nitrogens with one attached hydrogen (secondary N) is 1. The molecular weight excluding hydrogens is 316 g/mol. The van der Waals surface area contributed by atoms with Crippen LogP contribution in [0.25, 0.3) is 11.3 Å². The molecule has 0 bridgehead atoms. The zero-order chi connectivity index (χ0) is 17.2. The van der Waals surface area contributed by atoms with Gasteiger partial charge in [-0.2, -0.15) is 0 Å². The number of benzene rings is 2. The van der Waals surface area contributed by atoms with E-state index in [-0.39, 0.29) is 12.5 Å². The van der Waals surface area contributed by atoms with Gasteiger partial charge in [-0.05, 0) is 31.0 Å². The average Bonchev–Trinajstić information content (AvgIpc) is 3.06. The second kappa shape index (κ2) is 6.43. The number of aromatic nitrogens is 1. The van der Waals surface area contributed by atoms with Crippen LogP contribution in [0.3, 0.4) is 0 Å². The van der Waals surface area contributed by atoms with Gasteiger partial charge in [0.15, 0.2) is 11.5 Å². The second-order valence-electron chi connectivity index (χ2n) is 6.12. The Morgan fingerprint density at radius 3 is 2.96 bits per heavy atom. The van der Waals surface area contributed by atoms with Crippen molar-refractivity contribution in [1.82, 2.24) is 10.5 Å². The van der Waals surface area contributed by atoms with Crippen molar-refractivity contribution in [2.75, 3.05) is 6.54 Å². The molecule has 1 aliphatic rings. The summed E-state index contributed by atoms with van der Waals surface area (Å²) in [6.45, 7) is 2.89. The number of hydrogen-bond acceptors (Lipinski definition) is 4. The van der Waals surface area contributed by atoms with Crippen molar-refractivity contribution in [2.45, 2.75) is 20.0 Å². The Kier molecular flexibility index (Phi) is 3.98. The Morgan fingerprint density at radius 2 is 2.08 bits per heavy atom. The molecular formula is C20H18N2O3. The number of carbonyl (C=O) groups is 1. The SMILES string of the molecule is Cc1cccc(CCNC(=O)c2noc3c2COc2ccccc2-3)c1. The molecule has 3 aromatic rings.